The number of urea groups is 1. The zero-order valence-corrected chi connectivity index (χ0v) is 12.2. The van der Waals surface area contributed by atoms with E-state index in [0.717, 1.165) is 12.8 Å². The van der Waals surface area contributed by atoms with Gasteiger partial charge in [0.1, 0.15) is 0 Å². The summed E-state index contributed by atoms with van der Waals surface area (Å²) in [6.07, 6.45) is 1.73. The zero-order chi connectivity index (χ0) is 14.4. The molecule has 5 heteroatoms. The molecule has 0 spiro atoms. The van der Waals surface area contributed by atoms with Gasteiger partial charge in [-0.15, -0.1) is 0 Å². The topological polar surface area (TPSA) is 69.6 Å². The molecule has 0 bridgehead atoms. The molecule has 1 saturated heterocycles. The molecule has 1 atom stereocenters. The van der Waals surface area contributed by atoms with Gasteiger partial charge in [0.25, 0.3) is 0 Å². The van der Waals surface area contributed by atoms with Crippen LogP contribution in [0.5, 0.6) is 0 Å². The molecule has 2 rings (SSSR count). The van der Waals surface area contributed by atoms with Crippen LogP contribution in [-0.4, -0.2) is 40.6 Å². The molecule has 108 valence electrons. The molecule has 1 aliphatic carbocycles. The van der Waals surface area contributed by atoms with Crippen molar-refractivity contribution in [3.63, 3.8) is 0 Å². The first-order chi connectivity index (χ1) is 8.68. The van der Waals surface area contributed by atoms with Gasteiger partial charge in [-0.05, 0) is 23.7 Å². The largest absolute Gasteiger partial charge is 0.481 e. The van der Waals surface area contributed by atoms with Gasteiger partial charge in [-0.3, -0.25) is 4.79 Å². The number of nitrogens with zero attached hydrogens (tertiary/aromatic N) is 1. The fraction of sp³-hybridized carbons (Fsp3) is 0.857. The van der Waals surface area contributed by atoms with Crippen molar-refractivity contribution < 1.29 is 14.7 Å². The number of rotatable bonds is 3. The first-order valence-corrected chi connectivity index (χ1v) is 6.97. The van der Waals surface area contributed by atoms with E-state index in [1.807, 2.05) is 0 Å². The summed E-state index contributed by atoms with van der Waals surface area (Å²) in [4.78, 5) is 24.8. The number of nitrogens with one attached hydrogen (secondary N) is 1. The predicted octanol–water partition coefficient (Wildman–Crippen LogP) is 2.07. The Balaban J connectivity index is 1.95. The Kier molecular flexibility index (Phi) is 3.27. The first-order valence-electron chi connectivity index (χ1n) is 6.97. The molecule has 0 radical (unpaired) electrons. The van der Waals surface area contributed by atoms with Crippen molar-refractivity contribution in [2.75, 3.05) is 6.54 Å². The molecule has 5 nitrogen and oxygen atoms in total. The second kappa shape index (κ2) is 4.39. The average Bonchev–Trinajstić information content (AvgIpc) is 2.68. The van der Waals surface area contributed by atoms with Crippen LogP contribution in [0.1, 0.15) is 47.0 Å². The fourth-order valence-electron chi connectivity index (χ4n) is 3.28. The summed E-state index contributed by atoms with van der Waals surface area (Å²) in [5.74, 6) is -0.836. The van der Waals surface area contributed by atoms with Crippen LogP contribution < -0.4 is 5.32 Å². The van der Waals surface area contributed by atoms with Crippen LogP contribution in [0.3, 0.4) is 0 Å². The Hall–Kier alpha value is -1.26. The Morgan fingerprint density at radius 1 is 1.26 bits per heavy atom. The third-order valence-electron chi connectivity index (χ3n) is 5.34. The summed E-state index contributed by atoms with van der Waals surface area (Å²) in [7, 11) is 0. The van der Waals surface area contributed by atoms with Gasteiger partial charge in [-0.1, -0.05) is 27.7 Å². The van der Waals surface area contributed by atoms with E-state index in [4.69, 9.17) is 5.11 Å². The smallest absolute Gasteiger partial charge is 0.317 e. The van der Waals surface area contributed by atoms with E-state index in [-0.39, 0.29) is 35.4 Å². The van der Waals surface area contributed by atoms with Gasteiger partial charge in [0, 0.05) is 18.6 Å². The van der Waals surface area contributed by atoms with E-state index in [0.29, 0.717) is 6.54 Å². The minimum absolute atomic E-state index is 0.0465. The molecule has 0 aromatic heterocycles. The Morgan fingerprint density at radius 3 is 2.32 bits per heavy atom. The molecule has 2 aliphatic rings. The molecular formula is C14H24N2O3. The van der Waals surface area contributed by atoms with Crippen LogP contribution in [0.25, 0.3) is 0 Å². The van der Waals surface area contributed by atoms with Crippen molar-refractivity contribution in [2.45, 2.75) is 59.0 Å². The number of carboxylic acid groups (broad SMARTS) is 1. The van der Waals surface area contributed by atoms with Crippen molar-refractivity contribution >= 4 is 12.0 Å². The second-order valence-electron chi connectivity index (χ2n) is 6.91. The summed E-state index contributed by atoms with van der Waals surface area (Å²) < 4.78 is 0. The SMILES string of the molecule is CC1(C)C(NC(=O)N2CCCC2CC(=O)O)C1(C)C. The van der Waals surface area contributed by atoms with Gasteiger partial charge in [-0.2, -0.15) is 0 Å². The van der Waals surface area contributed by atoms with E-state index in [1.54, 1.807) is 4.90 Å². The van der Waals surface area contributed by atoms with Crippen LogP contribution in [0.15, 0.2) is 0 Å². The molecule has 19 heavy (non-hydrogen) atoms. The van der Waals surface area contributed by atoms with Crippen LogP contribution in [-0.2, 0) is 4.79 Å². The van der Waals surface area contributed by atoms with E-state index in [1.165, 1.54) is 0 Å². The van der Waals surface area contributed by atoms with Crippen molar-refractivity contribution in [3.05, 3.63) is 0 Å². The molecule has 0 aromatic carbocycles. The van der Waals surface area contributed by atoms with E-state index in [2.05, 4.69) is 33.0 Å². The van der Waals surface area contributed by atoms with Crippen molar-refractivity contribution in [2.24, 2.45) is 10.8 Å². The predicted molar refractivity (Wildman–Crippen MR) is 71.9 cm³/mol. The number of carbonyl (C=O) groups is 2. The van der Waals surface area contributed by atoms with Gasteiger partial charge in [0.15, 0.2) is 0 Å². The summed E-state index contributed by atoms with van der Waals surface area (Å²) in [6, 6.07) is -0.0894. The zero-order valence-electron chi connectivity index (χ0n) is 12.2. The molecule has 2 fully saturated rings. The maximum absolute atomic E-state index is 12.3. The molecule has 1 heterocycles. The number of carbonyl (C=O) groups excluding carboxylic acids is 1. The van der Waals surface area contributed by atoms with Gasteiger partial charge in [0.05, 0.1) is 6.42 Å². The summed E-state index contributed by atoms with van der Waals surface area (Å²) in [6.45, 7) is 9.26. The monoisotopic (exact) mass is 268 g/mol. The fourth-order valence-corrected chi connectivity index (χ4v) is 3.28. The lowest BCUT2D eigenvalue weighted by Crippen LogP contribution is -2.45. The quantitative estimate of drug-likeness (QED) is 0.823. The third kappa shape index (κ3) is 2.30. The highest BCUT2D eigenvalue weighted by molar-refractivity contribution is 5.77. The number of hydrogen-bond acceptors (Lipinski definition) is 2. The number of aliphatic carboxylic acids is 1. The average molecular weight is 268 g/mol. The Bertz CT molecular complexity index is 389. The third-order valence-corrected chi connectivity index (χ3v) is 5.34. The maximum Gasteiger partial charge on any atom is 0.317 e. The molecule has 0 aromatic rings. The van der Waals surface area contributed by atoms with Gasteiger partial charge < -0.3 is 15.3 Å². The summed E-state index contributed by atoms with van der Waals surface area (Å²) >= 11 is 0. The Labute approximate surface area is 114 Å². The lowest BCUT2D eigenvalue weighted by atomic mass is 10.0. The van der Waals surface area contributed by atoms with E-state index in [9.17, 15) is 9.59 Å². The molecule has 2 N–H and O–H groups in total. The van der Waals surface area contributed by atoms with Crippen LogP contribution in [0.2, 0.25) is 0 Å². The highest BCUT2D eigenvalue weighted by Crippen LogP contribution is 2.62. The highest BCUT2D eigenvalue weighted by atomic mass is 16.4. The molecule has 1 saturated carbocycles. The summed E-state index contributed by atoms with van der Waals surface area (Å²) in [5, 5.41) is 11.9. The highest BCUT2D eigenvalue weighted by Gasteiger charge is 2.65. The number of carboxylic acids is 1. The Morgan fingerprint density at radius 2 is 1.84 bits per heavy atom. The maximum atomic E-state index is 12.3. The first kappa shape index (κ1) is 14.2. The van der Waals surface area contributed by atoms with Crippen molar-refractivity contribution in [1.29, 1.82) is 0 Å². The van der Waals surface area contributed by atoms with E-state index >= 15 is 0 Å². The molecular weight excluding hydrogens is 244 g/mol. The van der Waals surface area contributed by atoms with Crippen molar-refractivity contribution in [3.8, 4) is 0 Å². The van der Waals surface area contributed by atoms with Gasteiger partial charge in [0.2, 0.25) is 0 Å². The van der Waals surface area contributed by atoms with E-state index < -0.39 is 5.97 Å². The van der Waals surface area contributed by atoms with Crippen LogP contribution in [0, 0.1) is 10.8 Å². The number of hydrogen-bond donors (Lipinski definition) is 2. The summed E-state index contributed by atoms with van der Waals surface area (Å²) in [5.41, 5.74) is 0.204. The standard InChI is InChI=1S/C14H24N2O3/c1-13(2)11(14(13,3)4)15-12(19)16-7-5-6-9(16)8-10(17)18/h9,11H,5-8H2,1-4H3,(H,15,19)(H,17,18). The lowest BCUT2D eigenvalue weighted by molar-refractivity contribution is -0.137. The van der Waals surface area contributed by atoms with Gasteiger partial charge in [-0.25, -0.2) is 4.79 Å². The molecule has 1 unspecified atom stereocenters. The van der Waals surface area contributed by atoms with Gasteiger partial charge >= 0.3 is 12.0 Å². The van der Waals surface area contributed by atoms with Crippen molar-refractivity contribution in [1.82, 2.24) is 10.2 Å². The number of amides is 2. The normalized spacial score (nSPS) is 28.2. The van der Waals surface area contributed by atoms with Crippen LogP contribution >= 0.6 is 0 Å². The minimum Gasteiger partial charge on any atom is -0.481 e. The molecule has 2 amide bonds. The second-order valence-corrected chi connectivity index (χ2v) is 6.91. The van der Waals surface area contributed by atoms with Crippen LogP contribution in [0.4, 0.5) is 4.79 Å². The lowest BCUT2D eigenvalue weighted by Gasteiger charge is -2.24. The number of likely N-dealkylation sites (tertiary alicyclic amines) is 1. The minimum atomic E-state index is -0.836. The molecule has 1 aliphatic heterocycles.